The Kier molecular flexibility index (Phi) is 3.02. The monoisotopic (exact) mass is 186 g/mol. The number of nitrogen functional groups attached to an aromatic ring is 1. The molecule has 0 saturated heterocycles. The Hall–Kier alpha value is -0.762. The maximum atomic E-state index is 10.2. The van der Waals surface area contributed by atoms with Crippen LogP contribution in [0, 0.1) is 0 Å². The molecule has 0 aliphatic heterocycles. The Bertz CT molecular complexity index is 233. The number of aromatic amines is 1. The van der Waals surface area contributed by atoms with E-state index in [1.807, 2.05) is 0 Å². The Labute approximate surface area is 62.8 Å². The predicted octanol–water partition coefficient (Wildman–Crippen LogP) is -1.03. The molecule has 0 fully saturated rings. The smallest absolute Gasteiger partial charge is 0.346 e. The molecule has 1 heterocycles. The molecule has 1 aromatic rings. The minimum absolute atomic E-state index is 0. The fourth-order valence-corrected chi connectivity index (χ4v) is 0.385. The third kappa shape index (κ3) is 2.33. The summed E-state index contributed by atoms with van der Waals surface area (Å²) < 4.78 is 0. The number of nitrogens with one attached hydrogen (secondary N) is 1. The van der Waals surface area contributed by atoms with Crippen LogP contribution in [0.25, 0.3) is 0 Å². The predicted molar refractivity (Wildman–Crippen MR) is 35.0 cm³/mol. The van der Waals surface area contributed by atoms with Crippen molar-refractivity contribution < 1.29 is 0 Å². The van der Waals surface area contributed by atoms with Gasteiger partial charge in [0, 0.05) is 24.2 Å². The molecule has 4 nitrogen and oxygen atoms in total. The summed E-state index contributed by atoms with van der Waals surface area (Å²) in [5, 5.41) is 0. The van der Waals surface area contributed by atoms with E-state index in [-0.39, 0.29) is 23.8 Å². The van der Waals surface area contributed by atoms with Crippen LogP contribution in [-0.2, 0) is 0 Å². The summed E-state index contributed by atoms with van der Waals surface area (Å²) >= 11 is 0. The van der Waals surface area contributed by atoms with Gasteiger partial charge in [-0.25, -0.2) is 4.79 Å². The van der Waals surface area contributed by atoms with Crippen LogP contribution in [0.5, 0.6) is 0 Å². The molecule has 0 aromatic carbocycles. The van der Waals surface area contributed by atoms with Gasteiger partial charge >= 0.3 is 5.69 Å². The van der Waals surface area contributed by atoms with Gasteiger partial charge in [-0.2, -0.15) is 4.98 Å². The van der Waals surface area contributed by atoms with Crippen LogP contribution in [0.2, 0.25) is 0 Å². The third-order valence-corrected chi connectivity index (χ3v) is 0.692. The summed E-state index contributed by atoms with van der Waals surface area (Å²) in [5.41, 5.74) is 4.72. The molecular weight excluding hydrogens is 181 g/mol. The zero-order chi connectivity index (χ0) is 5.98. The molecule has 0 aliphatic rings. The van der Waals surface area contributed by atoms with Gasteiger partial charge in [-0.15, -0.1) is 0 Å². The van der Waals surface area contributed by atoms with Crippen LogP contribution >= 0.6 is 0 Å². The second-order valence-corrected chi connectivity index (χ2v) is 1.32. The van der Waals surface area contributed by atoms with E-state index in [0.29, 0.717) is 0 Å². The average Bonchev–Trinajstić information content (AvgIpc) is 1.64. The summed E-state index contributed by atoms with van der Waals surface area (Å²) in [6, 6.07) is 1.52. The molecule has 0 aliphatic carbocycles. The van der Waals surface area contributed by atoms with Crippen molar-refractivity contribution in [3.8, 4) is 0 Å². The standard InChI is InChI=1S/C4H5N3O.As/c5-3-1-2-6-4(8)7-3;/h1-2H,(H3,5,6,7,8);. The molecule has 1 rings (SSSR count). The van der Waals surface area contributed by atoms with Crippen LogP contribution in [0.15, 0.2) is 17.1 Å². The summed E-state index contributed by atoms with van der Waals surface area (Å²) in [4.78, 5) is 15.9. The van der Waals surface area contributed by atoms with Gasteiger partial charge in [-0.1, -0.05) is 0 Å². The Balaban J connectivity index is 0.000000640. The first-order chi connectivity index (χ1) is 3.79. The zero-order valence-corrected chi connectivity index (χ0v) is 6.41. The van der Waals surface area contributed by atoms with E-state index < -0.39 is 5.69 Å². The fraction of sp³-hybridized carbons (Fsp3) is 0. The molecular formula is C4H5AsN3O. The molecule has 0 saturated carbocycles. The van der Waals surface area contributed by atoms with Gasteiger partial charge in [-0.3, -0.25) is 0 Å². The molecule has 0 bridgehead atoms. The molecule has 0 spiro atoms. The summed E-state index contributed by atoms with van der Waals surface area (Å²) in [6.45, 7) is 0. The topological polar surface area (TPSA) is 71.8 Å². The average molecular weight is 186 g/mol. The maximum absolute atomic E-state index is 10.2. The summed E-state index contributed by atoms with van der Waals surface area (Å²) in [5.74, 6) is 0.244. The quantitative estimate of drug-likeness (QED) is 0.509. The van der Waals surface area contributed by atoms with E-state index >= 15 is 0 Å². The van der Waals surface area contributed by atoms with Gasteiger partial charge in [0.05, 0.1) is 0 Å². The van der Waals surface area contributed by atoms with Crippen molar-refractivity contribution in [3.05, 3.63) is 22.7 Å². The second-order valence-electron chi connectivity index (χ2n) is 1.32. The van der Waals surface area contributed by atoms with E-state index in [0.717, 1.165) is 0 Å². The molecule has 1 aromatic heterocycles. The van der Waals surface area contributed by atoms with Crippen molar-refractivity contribution in [2.24, 2.45) is 0 Å². The largest absolute Gasteiger partial charge is 0.383 e. The van der Waals surface area contributed by atoms with Gasteiger partial charge in [0.2, 0.25) is 0 Å². The summed E-state index contributed by atoms with van der Waals surface area (Å²) in [7, 11) is 0. The molecule has 47 valence electrons. The number of anilines is 1. The zero-order valence-electron chi connectivity index (χ0n) is 4.53. The number of hydrogen-bond donors (Lipinski definition) is 2. The first-order valence-corrected chi connectivity index (χ1v) is 2.10. The van der Waals surface area contributed by atoms with E-state index in [9.17, 15) is 4.79 Å². The number of nitrogens with zero attached hydrogens (tertiary/aromatic N) is 1. The Morgan fingerprint density at radius 3 is 2.67 bits per heavy atom. The van der Waals surface area contributed by atoms with Gasteiger partial charge in [0.25, 0.3) is 0 Å². The number of nitrogens with two attached hydrogens (primary N) is 1. The summed E-state index contributed by atoms with van der Waals surface area (Å²) in [6.07, 6.45) is 1.45. The van der Waals surface area contributed by atoms with Gasteiger partial charge in [0.1, 0.15) is 5.82 Å². The van der Waals surface area contributed by atoms with E-state index in [1.54, 1.807) is 0 Å². The molecule has 0 unspecified atom stereocenters. The van der Waals surface area contributed by atoms with Gasteiger partial charge in [-0.05, 0) is 6.07 Å². The van der Waals surface area contributed by atoms with Crippen LogP contribution in [0.3, 0.4) is 0 Å². The molecule has 3 N–H and O–H groups in total. The normalized spacial score (nSPS) is 8.00. The van der Waals surface area contributed by atoms with Gasteiger partial charge < -0.3 is 10.7 Å². The second kappa shape index (κ2) is 3.30. The third-order valence-electron chi connectivity index (χ3n) is 0.692. The van der Waals surface area contributed by atoms with Gasteiger partial charge in [0.15, 0.2) is 0 Å². The molecule has 0 amide bonds. The Morgan fingerprint density at radius 1 is 1.67 bits per heavy atom. The van der Waals surface area contributed by atoms with E-state index in [1.165, 1.54) is 12.3 Å². The maximum Gasteiger partial charge on any atom is 0.346 e. The minimum Gasteiger partial charge on any atom is -0.383 e. The van der Waals surface area contributed by atoms with Crippen LogP contribution in [-0.4, -0.2) is 27.9 Å². The molecule has 3 radical (unpaired) electrons. The van der Waals surface area contributed by atoms with Crippen molar-refractivity contribution in [1.29, 1.82) is 0 Å². The van der Waals surface area contributed by atoms with Crippen LogP contribution in [0.4, 0.5) is 5.82 Å². The van der Waals surface area contributed by atoms with E-state index in [2.05, 4.69) is 9.97 Å². The van der Waals surface area contributed by atoms with Crippen molar-refractivity contribution in [2.75, 3.05) is 5.73 Å². The number of H-pyrrole nitrogens is 1. The van der Waals surface area contributed by atoms with Crippen LogP contribution in [0.1, 0.15) is 0 Å². The molecule has 5 heteroatoms. The molecule has 9 heavy (non-hydrogen) atoms. The molecule has 0 atom stereocenters. The van der Waals surface area contributed by atoms with Crippen molar-refractivity contribution in [2.45, 2.75) is 0 Å². The SMILES string of the molecule is Nc1cc[nH]c(=O)n1.[As]. The van der Waals surface area contributed by atoms with Crippen molar-refractivity contribution in [3.63, 3.8) is 0 Å². The fourth-order valence-electron chi connectivity index (χ4n) is 0.385. The minimum atomic E-state index is -0.412. The number of hydrogen-bond acceptors (Lipinski definition) is 3. The van der Waals surface area contributed by atoms with Crippen molar-refractivity contribution >= 4 is 23.8 Å². The number of rotatable bonds is 0. The van der Waals surface area contributed by atoms with E-state index in [4.69, 9.17) is 5.73 Å². The first kappa shape index (κ1) is 8.24. The number of aromatic nitrogens is 2. The Morgan fingerprint density at radius 2 is 2.33 bits per heavy atom. The van der Waals surface area contributed by atoms with Crippen molar-refractivity contribution in [1.82, 2.24) is 9.97 Å². The first-order valence-electron chi connectivity index (χ1n) is 2.10. The van der Waals surface area contributed by atoms with Crippen LogP contribution < -0.4 is 11.4 Å².